The summed E-state index contributed by atoms with van der Waals surface area (Å²) in [5.41, 5.74) is 7.51. The average molecular weight is 416 g/mol. The molecule has 0 aliphatic heterocycles. The minimum Gasteiger partial charge on any atom is -0.389 e. The first-order valence-electron chi connectivity index (χ1n) is 9.44. The number of fused-ring (bicyclic) bond motifs is 3. The molecule has 3 aromatic rings. The molecule has 26 heavy (non-hydrogen) atoms. The van der Waals surface area contributed by atoms with E-state index in [1.165, 1.54) is 40.6 Å². The van der Waals surface area contributed by atoms with E-state index in [0.717, 1.165) is 28.7 Å². The van der Waals surface area contributed by atoms with Gasteiger partial charge in [-0.25, -0.2) is 0 Å². The topological polar surface area (TPSA) is 43.0 Å². The van der Waals surface area contributed by atoms with Crippen LogP contribution in [0.25, 0.3) is 10.9 Å². The first kappa shape index (κ1) is 17.8. The van der Waals surface area contributed by atoms with Gasteiger partial charge in [0.15, 0.2) is 0 Å². The maximum absolute atomic E-state index is 10.8. The highest BCUT2D eigenvalue weighted by atomic mass is 79.9. The van der Waals surface area contributed by atoms with Gasteiger partial charge in [-0.15, -0.1) is 0 Å². The van der Waals surface area contributed by atoms with Crippen molar-refractivity contribution in [2.45, 2.75) is 65.6 Å². The van der Waals surface area contributed by atoms with E-state index in [4.69, 9.17) is 0 Å². The average Bonchev–Trinajstić information content (AvgIpc) is 3.05. The van der Waals surface area contributed by atoms with E-state index in [2.05, 4.69) is 50.7 Å². The van der Waals surface area contributed by atoms with E-state index >= 15 is 0 Å². The molecule has 1 aliphatic carbocycles. The Bertz CT molecular complexity index is 970. The van der Waals surface area contributed by atoms with Gasteiger partial charge < -0.3 is 9.67 Å². The second-order valence-electron chi connectivity index (χ2n) is 7.58. The van der Waals surface area contributed by atoms with Crippen molar-refractivity contribution in [3.63, 3.8) is 0 Å². The standard InChI is InChI=1S/C21H26BrN3O/c1-13-8-9-20-18(10-13)17-6-4-5-7-19(17)24(20)11-16(26)12-25-15(3)21(22)14(2)23-25/h8-10,16,26H,4-7,11-12H2,1-3H3/t16-/m0/s1. The van der Waals surface area contributed by atoms with Gasteiger partial charge in [-0.05, 0) is 80.1 Å². The number of hydrogen-bond donors (Lipinski definition) is 1. The van der Waals surface area contributed by atoms with Crippen molar-refractivity contribution in [2.24, 2.45) is 0 Å². The largest absolute Gasteiger partial charge is 0.389 e. The molecule has 4 nitrogen and oxygen atoms in total. The lowest BCUT2D eigenvalue weighted by molar-refractivity contribution is 0.129. The zero-order chi connectivity index (χ0) is 18.4. The van der Waals surface area contributed by atoms with Crippen LogP contribution in [0.5, 0.6) is 0 Å². The maximum atomic E-state index is 10.8. The number of benzene rings is 1. The monoisotopic (exact) mass is 415 g/mol. The number of hydrogen-bond acceptors (Lipinski definition) is 2. The van der Waals surface area contributed by atoms with Crippen molar-refractivity contribution >= 4 is 26.8 Å². The summed E-state index contributed by atoms with van der Waals surface area (Å²) < 4.78 is 5.30. The third-order valence-electron chi connectivity index (χ3n) is 5.60. The van der Waals surface area contributed by atoms with E-state index in [-0.39, 0.29) is 0 Å². The Morgan fingerprint density at radius 3 is 2.65 bits per heavy atom. The number of aliphatic hydroxyl groups excluding tert-OH is 1. The molecule has 1 atom stereocenters. The first-order valence-corrected chi connectivity index (χ1v) is 10.2. The number of rotatable bonds is 4. The molecule has 4 rings (SSSR count). The molecule has 0 fully saturated rings. The summed E-state index contributed by atoms with van der Waals surface area (Å²) in [4.78, 5) is 0. The van der Waals surface area contributed by atoms with Gasteiger partial charge in [-0.3, -0.25) is 4.68 Å². The van der Waals surface area contributed by atoms with Gasteiger partial charge >= 0.3 is 0 Å². The molecular weight excluding hydrogens is 390 g/mol. The Kier molecular flexibility index (Phi) is 4.70. The fourth-order valence-electron chi connectivity index (χ4n) is 4.28. The summed E-state index contributed by atoms with van der Waals surface area (Å²) in [5.74, 6) is 0. The van der Waals surface area contributed by atoms with Gasteiger partial charge in [0.05, 0.1) is 29.4 Å². The van der Waals surface area contributed by atoms with Gasteiger partial charge in [-0.2, -0.15) is 5.10 Å². The van der Waals surface area contributed by atoms with Crippen LogP contribution in [0.3, 0.4) is 0 Å². The summed E-state index contributed by atoms with van der Waals surface area (Å²) in [5, 5.41) is 16.7. The lowest BCUT2D eigenvalue weighted by Gasteiger charge is -2.19. The Morgan fingerprint density at radius 1 is 1.15 bits per heavy atom. The SMILES string of the molecule is Cc1ccc2c(c1)c1c(n2C[C@H](O)Cn2nc(C)c(Br)c2C)CCCC1. The zero-order valence-corrected chi connectivity index (χ0v) is 17.3. The van der Waals surface area contributed by atoms with E-state index in [9.17, 15) is 5.11 Å². The van der Waals surface area contributed by atoms with Crippen LogP contribution < -0.4 is 0 Å². The van der Waals surface area contributed by atoms with Crippen molar-refractivity contribution in [2.75, 3.05) is 0 Å². The third kappa shape index (κ3) is 3.01. The van der Waals surface area contributed by atoms with Crippen LogP contribution >= 0.6 is 15.9 Å². The molecule has 2 aromatic heterocycles. The summed E-state index contributed by atoms with van der Waals surface area (Å²) in [6.45, 7) is 7.30. The van der Waals surface area contributed by atoms with Crippen LogP contribution in [0.15, 0.2) is 22.7 Å². The molecule has 0 saturated carbocycles. The molecule has 1 N–H and O–H groups in total. The second-order valence-corrected chi connectivity index (χ2v) is 8.38. The van der Waals surface area contributed by atoms with Crippen LogP contribution in [0, 0.1) is 20.8 Å². The summed E-state index contributed by atoms with van der Waals surface area (Å²) >= 11 is 3.57. The molecule has 0 saturated heterocycles. The van der Waals surface area contributed by atoms with Gasteiger partial charge in [0, 0.05) is 22.3 Å². The zero-order valence-electron chi connectivity index (χ0n) is 15.7. The van der Waals surface area contributed by atoms with Crippen molar-refractivity contribution in [1.29, 1.82) is 0 Å². The van der Waals surface area contributed by atoms with Gasteiger partial charge in [0.1, 0.15) is 0 Å². The minimum atomic E-state index is -0.470. The van der Waals surface area contributed by atoms with E-state index in [1.807, 2.05) is 18.5 Å². The quantitative estimate of drug-likeness (QED) is 0.682. The fraction of sp³-hybridized carbons (Fsp3) is 0.476. The number of aliphatic hydroxyl groups is 1. The van der Waals surface area contributed by atoms with Crippen LogP contribution in [-0.4, -0.2) is 25.6 Å². The molecule has 1 aliphatic rings. The molecule has 2 heterocycles. The number of halogens is 1. The first-order chi connectivity index (χ1) is 12.5. The smallest absolute Gasteiger partial charge is 0.0914 e. The Hall–Kier alpha value is -1.59. The normalized spacial score (nSPS) is 15.4. The summed E-state index contributed by atoms with van der Waals surface area (Å²) in [7, 11) is 0. The third-order valence-corrected chi connectivity index (χ3v) is 6.75. The Morgan fingerprint density at radius 2 is 1.92 bits per heavy atom. The van der Waals surface area contributed by atoms with Gasteiger partial charge in [0.2, 0.25) is 0 Å². The van der Waals surface area contributed by atoms with Crippen LogP contribution in [0.4, 0.5) is 0 Å². The minimum absolute atomic E-state index is 0.470. The lowest BCUT2D eigenvalue weighted by Crippen LogP contribution is -2.24. The number of aryl methyl sites for hydroxylation is 3. The maximum Gasteiger partial charge on any atom is 0.0914 e. The van der Waals surface area contributed by atoms with Crippen molar-refractivity contribution in [3.8, 4) is 0 Å². The van der Waals surface area contributed by atoms with Gasteiger partial charge in [0.25, 0.3) is 0 Å². The predicted octanol–water partition coefficient (Wildman–Crippen LogP) is 4.47. The summed E-state index contributed by atoms with van der Waals surface area (Å²) in [6.07, 6.45) is 4.30. The molecule has 5 heteroatoms. The molecule has 0 amide bonds. The van der Waals surface area contributed by atoms with Crippen molar-refractivity contribution in [1.82, 2.24) is 14.3 Å². The number of aromatic nitrogens is 3. The molecular formula is C21H26BrN3O. The van der Waals surface area contributed by atoms with Crippen LogP contribution in [0.1, 0.15) is 41.1 Å². The second kappa shape index (κ2) is 6.86. The number of nitrogens with zero attached hydrogens (tertiary/aromatic N) is 3. The van der Waals surface area contributed by atoms with E-state index in [1.54, 1.807) is 0 Å². The molecule has 0 spiro atoms. The highest BCUT2D eigenvalue weighted by Crippen LogP contribution is 2.33. The van der Waals surface area contributed by atoms with E-state index in [0.29, 0.717) is 13.1 Å². The van der Waals surface area contributed by atoms with Crippen LogP contribution in [-0.2, 0) is 25.9 Å². The Labute approximate surface area is 163 Å². The molecule has 0 bridgehead atoms. The summed E-state index contributed by atoms with van der Waals surface area (Å²) in [6, 6.07) is 6.70. The molecule has 0 radical (unpaired) electrons. The van der Waals surface area contributed by atoms with Gasteiger partial charge in [-0.1, -0.05) is 11.6 Å². The predicted molar refractivity (Wildman–Crippen MR) is 109 cm³/mol. The molecule has 138 valence electrons. The van der Waals surface area contributed by atoms with Crippen molar-refractivity contribution < 1.29 is 5.11 Å². The molecule has 1 aromatic carbocycles. The fourth-order valence-corrected chi connectivity index (χ4v) is 4.56. The molecule has 0 unspecified atom stereocenters. The lowest BCUT2D eigenvalue weighted by atomic mass is 9.95. The highest BCUT2D eigenvalue weighted by Gasteiger charge is 2.22. The Balaban J connectivity index is 1.67. The van der Waals surface area contributed by atoms with Crippen molar-refractivity contribution in [3.05, 3.63) is 50.9 Å². The highest BCUT2D eigenvalue weighted by molar-refractivity contribution is 9.10. The van der Waals surface area contributed by atoms with E-state index < -0.39 is 6.10 Å². The van der Waals surface area contributed by atoms with Crippen LogP contribution in [0.2, 0.25) is 0 Å².